The van der Waals surface area contributed by atoms with Crippen molar-refractivity contribution >= 4 is 17.5 Å². The topological polar surface area (TPSA) is 73.8 Å². The number of carbonyl (C=O) groups excluding carboxylic acids is 1. The van der Waals surface area contributed by atoms with Crippen molar-refractivity contribution in [1.82, 2.24) is 14.8 Å². The number of nitrogens with zero attached hydrogens (tertiary/aromatic N) is 3. The lowest BCUT2D eigenvalue weighted by atomic mass is 10.1. The van der Waals surface area contributed by atoms with Crippen LogP contribution in [0.2, 0.25) is 5.02 Å². The van der Waals surface area contributed by atoms with Crippen LogP contribution < -0.4 is 5.73 Å². The standard InChI is InChI=1S/C17H15ClN4O/c1-10-3-8-14(11(2)9-10)22-17(20-16(21-22)15(19)23)12-4-6-13(18)7-5-12/h3-9H,1-2H3,(H2,19,23). The maximum absolute atomic E-state index is 11.5. The van der Waals surface area contributed by atoms with E-state index in [4.69, 9.17) is 17.3 Å². The van der Waals surface area contributed by atoms with E-state index in [9.17, 15) is 4.79 Å². The lowest BCUT2D eigenvalue weighted by Crippen LogP contribution is -2.13. The van der Waals surface area contributed by atoms with E-state index >= 15 is 0 Å². The maximum Gasteiger partial charge on any atom is 0.288 e. The van der Waals surface area contributed by atoms with Crippen molar-refractivity contribution in [3.05, 3.63) is 64.4 Å². The van der Waals surface area contributed by atoms with Crippen LogP contribution in [-0.4, -0.2) is 20.7 Å². The third kappa shape index (κ3) is 2.96. The first-order valence-electron chi connectivity index (χ1n) is 7.06. The zero-order valence-corrected chi connectivity index (χ0v) is 13.5. The molecule has 0 aliphatic rings. The van der Waals surface area contributed by atoms with E-state index in [-0.39, 0.29) is 5.82 Å². The minimum Gasteiger partial charge on any atom is -0.363 e. The average molecular weight is 327 g/mol. The molecule has 0 atom stereocenters. The quantitative estimate of drug-likeness (QED) is 0.802. The van der Waals surface area contributed by atoms with Gasteiger partial charge in [0.25, 0.3) is 5.91 Å². The Morgan fingerprint density at radius 1 is 1.13 bits per heavy atom. The second-order valence-corrected chi connectivity index (χ2v) is 5.77. The summed E-state index contributed by atoms with van der Waals surface area (Å²) in [6.07, 6.45) is 0. The zero-order valence-electron chi connectivity index (χ0n) is 12.7. The molecule has 0 aliphatic carbocycles. The number of aromatic nitrogens is 3. The maximum atomic E-state index is 11.5. The molecule has 1 heterocycles. The van der Waals surface area contributed by atoms with Gasteiger partial charge in [0.15, 0.2) is 5.82 Å². The predicted octanol–water partition coefficient (Wildman–Crippen LogP) is 3.30. The summed E-state index contributed by atoms with van der Waals surface area (Å²) in [6.45, 7) is 4.01. The minimum atomic E-state index is -0.663. The van der Waals surface area contributed by atoms with Crippen LogP contribution in [-0.2, 0) is 0 Å². The first-order chi connectivity index (χ1) is 11.0. The van der Waals surface area contributed by atoms with E-state index in [0.717, 1.165) is 22.4 Å². The van der Waals surface area contributed by atoms with Gasteiger partial charge in [0.2, 0.25) is 5.82 Å². The molecule has 3 aromatic rings. The lowest BCUT2D eigenvalue weighted by Gasteiger charge is -2.10. The number of nitrogens with two attached hydrogens (primary N) is 1. The molecule has 0 aliphatic heterocycles. The highest BCUT2D eigenvalue weighted by atomic mass is 35.5. The van der Waals surface area contributed by atoms with Crippen LogP contribution in [0.3, 0.4) is 0 Å². The molecule has 1 amide bonds. The van der Waals surface area contributed by atoms with E-state index in [0.29, 0.717) is 10.8 Å². The Balaban J connectivity index is 2.22. The highest BCUT2D eigenvalue weighted by Crippen LogP contribution is 2.25. The van der Waals surface area contributed by atoms with E-state index in [1.54, 1.807) is 16.8 Å². The summed E-state index contributed by atoms with van der Waals surface area (Å²) in [5.74, 6) is -0.138. The molecule has 2 aromatic carbocycles. The summed E-state index contributed by atoms with van der Waals surface area (Å²) < 4.78 is 1.64. The number of aryl methyl sites for hydroxylation is 2. The molecular weight excluding hydrogens is 312 g/mol. The van der Waals surface area contributed by atoms with Crippen LogP contribution in [0.15, 0.2) is 42.5 Å². The third-order valence-corrected chi connectivity index (χ3v) is 3.76. The fourth-order valence-electron chi connectivity index (χ4n) is 2.41. The van der Waals surface area contributed by atoms with Crippen molar-refractivity contribution in [1.29, 1.82) is 0 Å². The number of primary amides is 1. The van der Waals surface area contributed by atoms with Gasteiger partial charge in [-0.15, -0.1) is 5.10 Å². The molecule has 0 saturated carbocycles. The van der Waals surface area contributed by atoms with Gasteiger partial charge >= 0.3 is 0 Å². The smallest absolute Gasteiger partial charge is 0.288 e. The van der Waals surface area contributed by atoms with Crippen molar-refractivity contribution < 1.29 is 4.79 Å². The predicted molar refractivity (Wildman–Crippen MR) is 89.8 cm³/mol. The van der Waals surface area contributed by atoms with E-state index in [2.05, 4.69) is 10.1 Å². The molecular formula is C17H15ClN4O. The van der Waals surface area contributed by atoms with E-state index in [1.165, 1.54) is 0 Å². The second kappa shape index (κ2) is 5.85. The number of carbonyl (C=O) groups is 1. The molecule has 6 heteroatoms. The highest BCUT2D eigenvalue weighted by molar-refractivity contribution is 6.30. The molecule has 2 N–H and O–H groups in total. The largest absolute Gasteiger partial charge is 0.363 e. The molecule has 3 rings (SSSR count). The Morgan fingerprint density at radius 3 is 2.43 bits per heavy atom. The number of hydrogen-bond donors (Lipinski definition) is 1. The highest BCUT2D eigenvalue weighted by Gasteiger charge is 2.17. The SMILES string of the molecule is Cc1ccc(-n2nc(C(N)=O)nc2-c2ccc(Cl)cc2)c(C)c1. The van der Waals surface area contributed by atoms with Gasteiger partial charge in [-0.05, 0) is 49.7 Å². The number of amides is 1. The second-order valence-electron chi connectivity index (χ2n) is 5.33. The number of benzene rings is 2. The molecule has 0 saturated heterocycles. The minimum absolute atomic E-state index is 0.0186. The molecule has 0 radical (unpaired) electrons. The molecule has 0 unspecified atom stereocenters. The van der Waals surface area contributed by atoms with Gasteiger partial charge in [0.05, 0.1) is 5.69 Å². The van der Waals surface area contributed by atoms with E-state index < -0.39 is 5.91 Å². The van der Waals surface area contributed by atoms with Crippen LogP contribution in [0, 0.1) is 13.8 Å². The average Bonchev–Trinajstić information content (AvgIpc) is 2.93. The summed E-state index contributed by atoms with van der Waals surface area (Å²) in [7, 11) is 0. The van der Waals surface area contributed by atoms with E-state index in [1.807, 2.05) is 44.2 Å². The summed E-state index contributed by atoms with van der Waals surface area (Å²) in [5, 5.41) is 4.89. The van der Waals surface area contributed by atoms with Crippen molar-refractivity contribution in [2.45, 2.75) is 13.8 Å². The Hall–Kier alpha value is -2.66. The summed E-state index contributed by atoms with van der Waals surface area (Å²) in [4.78, 5) is 15.8. The van der Waals surface area contributed by atoms with Gasteiger partial charge in [-0.3, -0.25) is 4.79 Å². The number of rotatable bonds is 3. The summed E-state index contributed by atoms with van der Waals surface area (Å²) >= 11 is 5.94. The summed E-state index contributed by atoms with van der Waals surface area (Å²) in [5.41, 5.74) is 9.16. The first kappa shape index (κ1) is 15.2. The van der Waals surface area contributed by atoms with Crippen molar-refractivity contribution in [2.75, 3.05) is 0 Å². The number of hydrogen-bond acceptors (Lipinski definition) is 3. The van der Waals surface area contributed by atoms with Crippen LogP contribution in [0.5, 0.6) is 0 Å². The van der Waals surface area contributed by atoms with Crippen LogP contribution >= 0.6 is 11.6 Å². The lowest BCUT2D eigenvalue weighted by molar-refractivity contribution is 0.0990. The molecule has 5 nitrogen and oxygen atoms in total. The monoisotopic (exact) mass is 326 g/mol. The first-order valence-corrected chi connectivity index (χ1v) is 7.44. The third-order valence-electron chi connectivity index (χ3n) is 3.51. The van der Waals surface area contributed by atoms with Crippen molar-refractivity contribution in [3.8, 4) is 17.1 Å². The van der Waals surface area contributed by atoms with Gasteiger partial charge in [-0.1, -0.05) is 29.3 Å². The Kier molecular flexibility index (Phi) is 3.88. The van der Waals surface area contributed by atoms with Crippen LogP contribution in [0.4, 0.5) is 0 Å². The zero-order chi connectivity index (χ0) is 16.6. The number of halogens is 1. The van der Waals surface area contributed by atoms with Crippen LogP contribution in [0.25, 0.3) is 17.1 Å². The van der Waals surface area contributed by atoms with Gasteiger partial charge in [0.1, 0.15) is 0 Å². The Labute approximate surface area is 138 Å². The molecule has 0 spiro atoms. The van der Waals surface area contributed by atoms with Gasteiger partial charge in [-0.2, -0.15) is 0 Å². The Morgan fingerprint density at radius 2 is 1.83 bits per heavy atom. The van der Waals surface area contributed by atoms with Crippen molar-refractivity contribution in [3.63, 3.8) is 0 Å². The fraction of sp³-hybridized carbons (Fsp3) is 0.118. The molecule has 0 fully saturated rings. The van der Waals surface area contributed by atoms with Gasteiger partial charge in [0, 0.05) is 10.6 Å². The van der Waals surface area contributed by atoms with Crippen LogP contribution in [0.1, 0.15) is 21.7 Å². The fourth-order valence-corrected chi connectivity index (χ4v) is 2.54. The molecule has 0 bridgehead atoms. The molecule has 1 aromatic heterocycles. The molecule has 116 valence electrons. The summed E-state index contributed by atoms with van der Waals surface area (Å²) in [6, 6.07) is 13.2. The van der Waals surface area contributed by atoms with Gasteiger partial charge < -0.3 is 5.73 Å². The normalized spacial score (nSPS) is 10.7. The van der Waals surface area contributed by atoms with Gasteiger partial charge in [-0.25, -0.2) is 9.67 Å². The van der Waals surface area contributed by atoms with Crippen molar-refractivity contribution in [2.24, 2.45) is 5.73 Å². The molecule has 23 heavy (non-hydrogen) atoms. The Bertz CT molecular complexity index is 884.